The van der Waals surface area contributed by atoms with E-state index in [0.29, 0.717) is 12.0 Å². The zero-order chi connectivity index (χ0) is 12.0. The molecule has 1 aromatic rings. The molecule has 0 saturated carbocycles. The van der Waals surface area contributed by atoms with Crippen LogP contribution >= 0.6 is 0 Å². The molecule has 1 rings (SSSR count). The van der Waals surface area contributed by atoms with Gasteiger partial charge in [-0.1, -0.05) is 26.3 Å². The maximum absolute atomic E-state index is 5.31. The van der Waals surface area contributed by atoms with Gasteiger partial charge < -0.3 is 10.1 Å². The zero-order valence-electron chi connectivity index (χ0n) is 10.7. The van der Waals surface area contributed by atoms with Gasteiger partial charge in [0.2, 0.25) is 5.88 Å². The van der Waals surface area contributed by atoms with Crippen LogP contribution < -0.4 is 10.1 Å². The third-order valence-corrected chi connectivity index (χ3v) is 2.95. The first-order valence-corrected chi connectivity index (χ1v) is 5.90. The number of nitrogens with one attached hydrogen (secondary N) is 1. The average molecular weight is 222 g/mol. The summed E-state index contributed by atoms with van der Waals surface area (Å²) in [4.78, 5) is 4.25. The van der Waals surface area contributed by atoms with Gasteiger partial charge in [-0.05, 0) is 25.5 Å². The second-order valence-electron chi connectivity index (χ2n) is 4.13. The van der Waals surface area contributed by atoms with E-state index in [0.717, 1.165) is 11.4 Å². The van der Waals surface area contributed by atoms with E-state index in [1.165, 1.54) is 12.8 Å². The van der Waals surface area contributed by atoms with Gasteiger partial charge in [0.05, 0.1) is 7.11 Å². The molecule has 0 saturated heterocycles. The molecule has 1 N–H and O–H groups in total. The molecule has 16 heavy (non-hydrogen) atoms. The van der Waals surface area contributed by atoms with Crippen molar-refractivity contribution in [1.82, 2.24) is 10.3 Å². The van der Waals surface area contributed by atoms with Crippen molar-refractivity contribution in [2.75, 3.05) is 14.2 Å². The Balaban J connectivity index is 2.93. The van der Waals surface area contributed by atoms with E-state index in [9.17, 15) is 0 Å². The highest BCUT2D eigenvalue weighted by atomic mass is 16.5. The number of rotatable bonds is 6. The molecule has 1 aromatic heterocycles. The minimum atomic E-state index is 0.309. The summed E-state index contributed by atoms with van der Waals surface area (Å²) in [6.07, 6.45) is 4.16. The minimum Gasteiger partial charge on any atom is -0.481 e. The van der Waals surface area contributed by atoms with Gasteiger partial charge in [0, 0.05) is 17.8 Å². The van der Waals surface area contributed by atoms with Gasteiger partial charge in [-0.2, -0.15) is 0 Å². The Kier molecular flexibility index (Phi) is 5.26. The number of hydrogen-bond donors (Lipinski definition) is 1. The second-order valence-corrected chi connectivity index (χ2v) is 4.13. The number of pyridine rings is 1. The van der Waals surface area contributed by atoms with Crippen LogP contribution in [0, 0.1) is 5.92 Å². The van der Waals surface area contributed by atoms with Crippen LogP contribution in [0.25, 0.3) is 0 Å². The van der Waals surface area contributed by atoms with Gasteiger partial charge in [-0.25, -0.2) is 4.98 Å². The highest BCUT2D eigenvalue weighted by Gasteiger charge is 2.20. The monoisotopic (exact) mass is 222 g/mol. The number of ether oxygens (including phenoxy) is 1. The zero-order valence-corrected chi connectivity index (χ0v) is 10.7. The lowest BCUT2D eigenvalue weighted by Crippen LogP contribution is -2.24. The van der Waals surface area contributed by atoms with Crippen LogP contribution in [0.1, 0.15) is 38.3 Å². The fraction of sp³-hybridized carbons (Fsp3) is 0.615. The molecule has 2 atom stereocenters. The number of hydrogen-bond acceptors (Lipinski definition) is 3. The molecule has 0 aromatic carbocycles. The molecule has 1 heterocycles. The molecule has 0 aliphatic carbocycles. The Hall–Kier alpha value is -1.09. The SMILES string of the molecule is CCCC(C)C(NC)c1cccnc1OC. The van der Waals surface area contributed by atoms with Crippen molar-refractivity contribution in [3.05, 3.63) is 23.9 Å². The largest absolute Gasteiger partial charge is 0.481 e. The van der Waals surface area contributed by atoms with Crippen molar-refractivity contribution in [3.63, 3.8) is 0 Å². The normalized spacial score (nSPS) is 14.5. The molecule has 0 aliphatic heterocycles. The van der Waals surface area contributed by atoms with Crippen LogP contribution in [0.2, 0.25) is 0 Å². The third-order valence-electron chi connectivity index (χ3n) is 2.95. The van der Waals surface area contributed by atoms with Gasteiger partial charge in [0.1, 0.15) is 0 Å². The summed E-state index contributed by atoms with van der Waals surface area (Å²) in [5, 5.41) is 3.36. The lowest BCUT2D eigenvalue weighted by Gasteiger charge is -2.24. The van der Waals surface area contributed by atoms with E-state index in [2.05, 4.69) is 30.2 Å². The van der Waals surface area contributed by atoms with Crippen LogP contribution in [0.3, 0.4) is 0 Å². The fourth-order valence-corrected chi connectivity index (χ4v) is 2.18. The Morgan fingerprint density at radius 3 is 2.81 bits per heavy atom. The van der Waals surface area contributed by atoms with Gasteiger partial charge in [-0.3, -0.25) is 0 Å². The summed E-state index contributed by atoms with van der Waals surface area (Å²) in [5.41, 5.74) is 1.15. The fourth-order valence-electron chi connectivity index (χ4n) is 2.18. The molecule has 0 amide bonds. The minimum absolute atomic E-state index is 0.309. The summed E-state index contributed by atoms with van der Waals surface area (Å²) < 4.78 is 5.31. The molecule has 0 bridgehead atoms. The summed E-state index contributed by atoms with van der Waals surface area (Å²) >= 11 is 0. The van der Waals surface area contributed by atoms with Gasteiger partial charge in [-0.15, -0.1) is 0 Å². The smallest absolute Gasteiger partial charge is 0.217 e. The first kappa shape index (κ1) is 13.0. The standard InChI is InChI=1S/C13H22N2O/c1-5-7-10(2)12(14-3)11-8-6-9-15-13(11)16-4/h6,8-10,12,14H,5,7H2,1-4H3. The summed E-state index contributed by atoms with van der Waals surface area (Å²) in [5.74, 6) is 1.30. The molecule has 3 heteroatoms. The summed E-state index contributed by atoms with van der Waals surface area (Å²) in [6, 6.07) is 4.35. The van der Waals surface area contributed by atoms with Crippen molar-refractivity contribution in [2.24, 2.45) is 5.92 Å². The lowest BCUT2D eigenvalue weighted by atomic mass is 9.91. The first-order chi connectivity index (χ1) is 7.74. The number of methoxy groups -OCH3 is 1. The lowest BCUT2D eigenvalue weighted by molar-refractivity contribution is 0.348. The van der Waals surface area contributed by atoms with E-state index in [4.69, 9.17) is 4.74 Å². The number of nitrogens with zero attached hydrogens (tertiary/aromatic N) is 1. The molecular formula is C13H22N2O. The predicted molar refractivity (Wildman–Crippen MR) is 66.7 cm³/mol. The second kappa shape index (κ2) is 6.48. The van der Waals surface area contributed by atoms with Gasteiger partial charge >= 0.3 is 0 Å². The average Bonchev–Trinajstić information content (AvgIpc) is 2.31. The molecule has 0 aliphatic rings. The molecular weight excluding hydrogens is 200 g/mol. The molecule has 0 spiro atoms. The van der Waals surface area contributed by atoms with Crippen molar-refractivity contribution >= 4 is 0 Å². The predicted octanol–water partition coefficient (Wildman–Crippen LogP) is 2.79. The quantitative estimate of drug-likeness (QED) is 0.803. The van der Waals surface area contributed by atoms with Crippen LogP contribution in [0.5, 0.6) is 5.88 Å². The van der Waals surface area contributed by atoms with Crippen molar-refractivity contribution in [2.45, 2.75) is 32.7 Å². The van der Waals surface area contributed by atoms with E-state index >= 15 is 0 Å². The Bertz CT molecular complexity index is 315. The van der Waals surface area contributed by atoms with E-state index in [-0.39, 0.29) is 0 Å². The van der Waals surface area contributed by atoms with E-state index in [1.807, 2.05) is 13.1 Å². The Labute approximate surface area is 98.2 Å². The Morgan fingerprint density at radius 1 is 1.50 bits per heavy atom. The van der Waals surface area contributed by atoms with Crippen molar-refractivity contribution < 1.29 is 4.74 Å². The Morgan fingerprint density at radius 2 is 2.25 bits per heavy atom. The van der Waals surface area contributed by atoms with Crippen LogP contribution in [-0.4, -0.2) is 19.1 Å². The van der Waals surface area contributed by atoms with Gasteiger partial charge in [0.25, 0.3) is 0 Å². The third kappa shape index (κ3) is 2.95. The van der Waals surface area contributed by atoms with E-state index < -0.39 is 0 Å². The molecule has 90 valence electrons. The van der Waals surface area contributed by atoms with Gasteiger partial charge in [0.15, 0.2) is 0 Å². The van der Waals surface area contributed by atoms with Crippen LogP contribution in [0.15, 0.2) is 18.3 Å². The highest BCUT2D eigenvalue weighted by molar-refractivity contribution is 5.29. The summed E-state index contributed by atoms with van der Waals surface area (Å²) in [7, 11) is 3.66. The summed E-state index contributed by atoms with van der Waals surface area (Å²) in [6.45, 7) is 4.47. The van der Waals surface area contributed by atoms with Crippen molar-refractivity contribution in [3.8, 4) is 5.88 Å². The maximum atomic E-state index is 5.31. The number of aromatic nitrogens is 1. The topological polar surface area (TPSA) is 34.2 Å². The molecule has 0 radical (unpaired) electrons. The molecule has 2 unspecified atom stereocenters. The molecule has 3 nitrogen and oxygen atoms in total. The maximum Gasteiger partial charge on any atom is 0.217 e. The highest BCUT2D eigenvalue weighted by Crippen LogP contribution is 2.30. The van der Waals surface area contributed by atoms with Crippen LogP contribution in [0.4, 0.5) is 0 Å². The van der Waals surface area contributed by atoms with Crippen molar-refractivity contribution in [1.29, 1.82) is 0 Å². The molecule has 0 fully saturated rings. The first-order valence-electron chi connectivity index (χ1n) is 5.90. The van der Waals surface area contributed by atoms with Crippen LogP contribution in [-0.2, 0) is 0 Å². The van der Waals surface area contributed by atoms with E-state index in [1.54, 1.807) is 13.3 Å².